The van der Waals surface area contributed by atoms with Gasteiger partial charge in [0.25, 0.3) is 5.91 Å². The lowest BCUT2D eigenvalue weighted by atomic mass is 9.74. The normalized spacial score (nSPS) is 15.4. The van der Waals surface area contributed by atoms with Gasteiger partial charge in [-0.2, -0.15) is 13.2 Å². The zero-order valence-corrected chi connectivity index (χ0v) is 18.6. The predicted octanol–water partition coefficient (Wildman–Crippen LogP) is 4.08. The number of hydrogen-bond donors (Lipinski definition) is 2. The number of esters is 1. The van der Waals surface area contributed by atoms with E-state index in [2.05, 4.69) is 5.32 Å². The zero-order chi connectivity index (χ0) is 25.3. The van der Waals surface area contributed by atoms with Gasteiger partial charge < -0.3 is 24.6 Å². The van der Waals surface area contributed by atoms with Crippen molar-refractivity contribution in [1.82, 2.24) is 0 Å². The summed E-state index contributed by atoms with van der Waals surface area (Å²) >= 11 is 0. The number of rotatable bonds is 8. The van der Waals surface area contributed by atoms with Crippen molar-refractivity contribution in [2.24, 2.45) is 0 Å². The van der Waals surface area contributed by atoms with Crippen LogP contribution >= 0.6 is 0 Å². The number of cyclic esters (lactones) is 1. The number of anilines is 1. The van der Waals surface area contributed by atoms with Crippen molar-refractivity contribution in [2.45, 2.75) is 44.1 Å². The number of carbonyl (C=O) groups is 2. The van der Waals surface area contributed by atoms with E-state index in [4.69, 9.17) is 14.2 Å². The van der Waals surface area contributed by atoms with Crippen LogP contribution in [0.15, 0.2) is 36.4 Å². The summed E-state index contributed by atoms with van der Waals surface area (Å²) in [7, 11) is 1.34. The van der Waals surface area contributed by atoms with Crippen LogP contribution in [0.3, 0.4) is 0 Å². The van der Waals surface area contributed by atoms with Gasteiger partial charge in [-0.25, -0.2) is 9.18 Å². The third kappa shape index (κ3) is 5.00. The number of ether oxygens (including phenoxy) is 3. The third-order valence-corrected chi connectivity index (χ3v) is 5.49. The minimum Gasteiger partial charge on any atom is -0.467 e. The lowest BCUT2D eigenvalue weighted by Gasteiger charge is -2.37. The van der Waals surface area contributed by atoms with Crippen molar-refractivity contribution in [2.75, 3.05) is 19.2 Å². The zero-order valence-electron chi connectivity index (χ0n) is 18.6. The van der Waals surface area contributed by atoms with E-state index in [-0.39, 0.29) is 36.0 Å². The second-order valence-electron chi connectivity index (χ2n) is 8.51. The molecule has 0 saturated carbocycles. The van der Waals surface area contributed by atoms with Crippen LogP contribution in [0.1, 0.15) is 41.8 Å². The SMILES string of the molecule is COCOc1ccc(F)cc1C(C)(C)CC(O)(C(=O)Nc1ccc2c(c1)COC2=O)C(F)(F)F. The molecule has 11 heteroatoms. The molecular weight excluding hydrogens is 462 g/mol. The van der Waals surface area contributed by atoms with E-state index in [0.717, 1.165) is 12.1 Å². The lowest BCUT2D eigenvalue weighted by Crippen LogP contribution is -2.57. The van der Waals surface area contributed by atoms with Gasteiger partial charge in [0.1, 0.15) is 18.2 Å². The van der Waals surface area contributed by atoms with Crippen LogP contribution in [0.25, 0.3) is 0 Å². The highest BCUT2D eigenvalue weighted by atomic mass is 19.4. The fourth-order valence-corrected chi connectivity index (χ4v) is 3.77. The Hall–Kier alpha value is -3.18. The van der Waals surface area contributed by atoms with E-state index in [1.165, 1.54) is 45.2 Å². The topological polar surface area (TPSA) is 94.1 Å². The van der Waals surface area contributed by atoms with E-state index < -0.39 is 41.3 Å². The van der Waals surface area contributed by atoms with Crippen LogP contribution < -0.4 is 10.1 Å². The minimum atomic E-state index is -5.37. The summed E-state index contributed by atoms with van der Waals surface area (Å²) in [5, 5.41) is 12.7. The molecule has 0 fully saturated rings. The molecule has 1 amide bonds. The Morgan fingerprint density at radius 1 is 1.18 bits per heavy atom. The lowest BCUT2D eigenvalue weighted by molar-refractivity contribution is -0.254. The molecular formula is C23H23F4NO6. The molecule has 7 nitrogen and oxygen atoms in total. The van der Waals surface area contributed by atoms with Crippen LogP contribution in [0.4, 0.5) is 23.2 Å². The molecule has 1 atom stereocenters. The molecule has 184 valence electrons. The van der Waals surface area contributed by atoms with E-state index >= 15 is 0 Å². The summed E-state index contributed by atoms with van der Waals surface area (Å²) < 4.78 is 71.1. The Kier molecular flexibility index (Phi) is 6.90. The third-order valence-electron chi connectivity index (χ3n) is 5.49. The average Bonchev–Trinajstić information content (AvgIpc) is 3.11. The largest absolute Gasteiger partial charge is 0.467 e. The molecule has 0 spiro atoms. The Morgan fingerprint density at radius 2 is 1.88 bits per heavy atom. The Balaban J connectivity index is 1.93. The van der Waals surface area contributed by atoms with Gasteiger partial charge in [-0.05, 0) is 41.8 Å². The summed E-state index contributed by atoms with van der Waals surface area (Å²) in [4.78, 5) is 24.3. The molecule has 0 aliphatic carbocycles. The smallest absolute Gasteiger partial charge is 0.426 e. The minimum absolute atomic E-state index is 0.00761. The number of amides is 1. The highest BCUT2D eigenvalue weighted by Gasteiger charge is 2.61. The van der Waals surface area contributed by atoms with Gasteiger partial charge >= 0.3 is 12.1 Å². The van der Waals surface area contributed by atoms with Crippen molar-refractivity contribution in [3.05, 3.63) is 58.9 Å². The van der Waals surface area contributed by atoms with E-state index in [0.29, 0.717) is 5.56 Å². The molecule has 0 radical (unpaired) electrons. The van der Waals surface area contributed by atoms with Crippen molar-refractivity contribution in [3.8, 4) is 5.75 Å². The first-order chi connectivity index (χ1) is 15.8. The fraction of sp³-hybridized carbons (Fsp3) is 0.391. The number of halogens is 4. The molecule has 1 heterocycles. The van der Waals surface area contributed by atoms with Crippen LogP contribution in [-0.2, 0) is 26.3 Å². The standard InChI is InChI=1S/C23H23F4NO6/c1-21(2,17-9-14(24)4-7-18(17)34-12-32-3)11-22(31,23(25,26)27)20(30)28-15-5-6-16-13(8-15)10-33-19(16)29/h4-9,31H,10-12H2,1-3H3,(H,28,30). The van der Waals surface area contributed by atoms with Crippen molar-refractivity contribution in [3.63, 3.8) is 0 Å². The fourth-order valence-electron chi connectivity index (χ4n) is 3.77. The first-order valence-electron chi connectivity index (χ1n) is 10.1. The molecule has 3 rings (SSSR count). The highest BCUT2D eigenvalue weighted by Crippen LogP contribution is 2.44. The average molecular weight is 485 g/mol. The Labute approximate surface area is 192 Å². The number of carbonyl (C=O) groups excluding carboxylic acids is 2. The molecule has 1 aliphatic heterocycles. The molecule has 2 aromatic rings. The molecule has 0 aromatic heterocycles. The Morgan fingerprint density at radius 3 is 2.53 bits per heavy atom. The molecule has 34 heavy (non-hydrogen) atoms. The summed E-state index contributed by atoms with van der Waals surface area (Å²) in [6.45, 7) is 2.31. The van der Waals surface area contributed by atoms with Crippen molar-refractivity contribution < 1.29 is 46.5 Å². The number of fused-ring (bicyclic) bond motifs is 1. The quantitative estimate of drug-likeness (QED) is 0.333. The van der Waals surface area contributed by atoms with E-state index in [1.807, 2.05) is 0 Å². The maximum atomic E-state index is 14.1. The van der Waals surface area contributed by atoms with Crippen LogP contribution in [0.2, 0.25) is 0 Å². The summed E-state index contributed by atoms with van der Waals surface area (Å²) in [5.74, 6) is -3.00. The highest BCUT2D eigenvalue weighted by molar-refractivity contribution is 5.99. The molecule has 0 bridgehead atoms. The van der Waals surface area contributed by atoms with Gasteiger partial charge in [0.05, 0.1) is 5.56 Å². The molecule has 2 N–H and O–H groups in total. The predicted molar refractivity (Wildman–Crippen MR) is 112 cm³/mol. The summed E-state index contributed by atoms with van der Waals surface area (Å²) in [6.07, 6.45) is -6.51. The second kappa shape index (κ2) is 9.22. The number of methoxy groups -OCH3 is 1. The summed E-state index contributed by atoms with van der Waals surface area (Å²) in [6, 6.07) is 7.11. The van der Waals surface area contributed by atoms with Crippen LogP contribution in [0.5, 0.6) is 5.75 Å². The molecule has 1 aliphatic rings. The maximum absolute atomic E-state index is 14.1. The molecule has 0 saturated heterocycles. The monoisotopic (exact) mass is 485 g/mol. The first-order valence-corrected chi connectivity index (χ1v) is 10.1. The second-order valence-corrected chi connectivity index (χ2v) is 8.51. The Bertz CT molecular complexity index is 1100. The maximum Gasteiger partial charge on any atom is 0.426 e. The van der Waals surface area contributed by atoms with E-state index in [9.17, 15) is 32.3 Å². The van der Waals surface area contributed by atoms with Gasteiger partial charge in [0.2, 0.25) is 5.60 Å². The number of aliphatic hydroxyl groups is 1. The number of alkyl halides is 3. The van der Waals surface area contributed by atoms with Gasteiger partial charge in [-0.1, -0.05) is 13.8 Å². The van der Waals surface area contributed by atoms with Gasteiger partial charge in [0, 0.05) is 30.3 Å². The van der Waals surface area contributed by atoms with Crippen molar-refractivity contribution >= 4 is 17.6 Å². The number of hydrogen-bond acceptors (Lipinski definition) is 6. The van der Waals surface area contributed by atoms with Gasteiger partial charge in [-0.15, -0.1) is 0 Å². The molecule has 1 unspecified atom stereocenters. The van der Waals surface area contributed by atoms with Crippen molar-refractivity contribution in [1.29, 1.82) is 0 Å². The molecule has 2 aromatic carbocycles. The van der Waals surface area contributed by atoms with Gasteiger partial charge in [-0.3, -0.25) is 4.79 Å². The van der Waals surface area contributed by atoms with Crippen LogP contribution in [0, 0.1) is 5.82 Å². The van der Waals surface area contributed by atoms with Crippen LogP contribution in [-0.4, -0.2) is 42.7 Å². The summed E-state index contributed by atoms with van der Waals surface area (Å²) in [5.41, 5.74) is -4.85. The number of benzene rings is 2. The number of nitrogens with one attached hydrogen (secondary N) is 1. The first kappa shape index (κ1) is 25.4. The van der Waals surface area contributed by atoms with Gasteiger partial charge in [0.15, 0.2) is 6.79 Å². The van der Waals surface area contributed by atoms with E-state index in [1.54, 1.807) is 0 Å².